The first-order chi connectivity index (χ1) is 9.56. The van der Waals surface area contributed by atoms with Gasteiger partial charge in [0.25, 0.3) is 5.56 Å². The Morgan fingerprint density at radius 2 is 2.15 bits per heavy atom. The second-order valence-electron chi connectivity index (χ2n) is 5.22. The van der Waals surface area contributed by atoms with Gasteiger partial charge in [0.15, 0.2) is 11.9 Å². The predicted molar refractivity (Wildman–Crippen MR) is 85.2 cm³/mol. The van der Waals surface area contributed by atoms with Gasteiger partial charge < -0.3 is 9.72 Å². The fourth-order valence-electron chi connectivity index (χ4n) is 2.36. The summed E-state index contributed by atoms with van der Waals surface area (Å²) in [5, 5.41) is 0. The van der Waals surface area contributed by atoms with Crippen molar-refractivity contribution in [3.05, 3.63) is 55.3 Å². The van der Waals surface area contributed by atoms with E-state index in [1.54, 1.807) is 0 Å². The number of benzene rings is 1. The van der Waals surface area contributed by atoms with Crippen molar-refractivity contribution >= 4 is 22.6 Å². The summed E-state index contributed by atoms with van der Waals surface area (Å²) in [5.41, 5.74) is 1.91. The van der Waals surface area contributed by atoms with Gasteiger partial charge in [-0.15, -0.1) is 0 Å². The van der Waals surface area contributed by atoms with Crippen LogP contribution in [0.2, 0.25) is 0 Å². The number of para-hydroxylation sites is 1. The summed E-state index contributed by atoms with van der Waals surface area (Å²) in [6.07, 6.45) is 0.548. The molecule has 1 N–H and O–H groups in total. The molecular weight excluding hydrogens is 367 g/mol. The van der Waals surface area contributed by atoms with E-state index in [4.69, 9.17) is 4.74 Å². The lowest BCUT2D eigenvalue weighted by Gasteiger charge is -2.13. The highest BCUT2D eigenvalue weighted by Gasteiger charge is 2.27. The predicted octanol–water partition coefficient (Wildman–Crippen LogP) is 3.17. The smallest absolute Gasteiger partial charge is 0.264 e. The maximum Gasteiger partial charge on any atom is 0.264 e. The van der Waals surface area contributed by atoms with E-state index in [1.807, 2.05) is 38.1 Å². The minimum Gasteiger partial charge on any atom is -0.482 e. The van der Waals surface area contributed by atoms with Gasteiger partial charge in [-0.1, -0.05) is 32.0 Å². The molecule has 1 aromatic carbocycles. The molecule has 5 heteroatoms. The summed E-state index contributed by atoms with van der Waals surface area (Å²) in [5.74, 6) is 1.71. The fraction of sp³-hybridized carbons (Fsp3) is 0.333. The Balaban J connectivity index is 1.99. The normalized spacial score (nSPS) is 17.1. The second kappa shape index (κ2) is 5.20. The maximum absolute atomic E-state index is 12.0. The molecule has 1 unspecified atom stereocenters. The van der Waals surface area contributed by atoms with Crippen molar-refractivity contribution in [1.82, 2.24) is 9.97 Å². The third-order valence-electron chi connectivity index (χ3n) is 3.41. The molecule has 1 aliphatic heterocycles. The van der Waals surface area contributed by atoms with Crippen LogP contribution in [-0.4, -0.2) is 9.97 Å². The lowest BCUT2D eigenvalue weighted by molar-refractivity contribution is 0.226. The van der Waals surface area contributed by atoms with E-state index in [9.17, 15) is 4.79 Å². The molecule has 1 aliphatic rings. The molecule has 3 rings (SSSR count). The molecule has 20 heavy (non-hydrogen) atoms. The highest BCUT2D eigenvalue weighted by atomic mass is 127. The summed E-state index contributed by atoms with van der Waals surface area (Å²) >= 11 is 2.05. The lowest BCUT2D eigenvalue weighted by atomic mass is 10.1. The van der Waals surface area contributed by atoms with Gasteiger partial charge in [0.05, 0.1) is 9.26 Å². The van der Waals surface area contributed by atoms with E-state index in [1.165, 1.54) is 0 Å². The molecule has 0 spiro atoms. The van der Waals surface area contributed by atoms with Crippen LogP contribution < -0.4 is 10.3 Å². The highest BCUT2D eigenvalue weighted by molar-refractivity contribution is 14.1. The van der Waals surface area contributed by atoms with Gasteiger partial charge in [-0.25, -0.2) is 4.98 Å². The number of fused-ring (bicyclic) bond motifs is 1. The molecule has 104 valence electrons. The molecule has 0 aliphatic carbocycles. The molecule has 0 amide bonds. The number of H-pyrrole nitrogens is 1. The summed E-state index contributed by atoms with van der Waals surface area (Å²) in [6, 6.07) is 7.94. The van der Waals surface area contributed by atoms with Crippen molar-refractivity contribution in [3.63, 3.8) is 0 Å². The van der Waals surface area contributed by atoms with Crippen molar-refractivity contribution in [2.45, 2.75) is 32.3 Å². The van der Waals surface area contributed by atoms with Gasteiger partial charge in [-0.2, -0.15) is 0 Å². The number of aromatic nitrogens is 2. The van der Waals surface area contributed by atoms with Crippen LogP contribution in [0.1, 0.15) is 43.0 Å². The molecule has 0 saturated carbocycles. The molecule has 1 aromatic heterocycles. The minimum atomic E-state index is -0.199. The number of halogens is 1. The third kappa shape index (κ3) is 2.34. The van der Waals surface area contributed by atoms with Crippen molar-refractivity contribution < 1.29 is 4.74 Å². The number of aromatic amines is 1. The quantitative estimate of drug-likeness (QED) is 0.812. The van der Waals surface area contributed by atoms with E-state index in [-0.39, 0.29) is 17.6 Å². The Hall–Kier alpha value is -1.37. The monoisotopic (exact) mass is 382 g/mol. The molecule has 0 saturated heterocycles. The highest BCUT2D eigenvalue weighted by Crippen LogP contribution is 2.35. The molecule has 4 nitrogen and oxygen atoms in total. The Kier molecular flexibility index (Phi) is 3.54. The minimum absolute atomic E-state index is 0.0844. The van der Waals surface area contributed by atoms with Gasteiger partial charge in [0.1, 0.15) is 5.75 Å². The third-order valence-corrected chi connectivity index (χ3v) is 4.45. The first kappa shape index (κ1) is 13.6. The van der Waals surface area contributed by atoms with Crippen LogP contribution in [0, 0.1) is 3.57 Å². The molecule has 2 aromatic rings. The number of hydrogen-bond donors (Lipinski definition) is 1. The Labute approximate surface area is 130 Å². The largest absolute Gasteiger partial charge is 0.482 e. The average molecular weight is 382 g/mol. The zero-order valence-electron chi connectivity index (χ0n) is 11.3. The summed E-state index contributed by atoms with van der Waals surface area (Å²) in [7, 11) is 0. The molecule has 2 heterocycles. The van der Waals surface area contributed by atoms with Crippen LogP contribution in [0.25, 0.3) is 0 Å². The Bertz CT molecular complexity index is 684. The van der Waals surface area contributed by atoms with Gasteiger partial charge in [-0.05, 0) is 40.1 Å². The average Bonchev–Trinajstić information content (AvgIpc) is 2.85. The van der Waals surface area contributed by atoms with Gasteiger partial charge in [0, 0.05) is 6.42 Å². The number of hydrogen-bond acceptors (Lipinski definition) is 3. The number of nitrogens with one attached hydrogen (secondary N) is 1. The number of nitrogens with zero attached hydrogens (tertiary/aromatic N) is 1. The molecule has 0 bridgehead atoms. The van der Waals surface area contributed by atoms with Gasteiger partial charge in [-0.3, -0.25) is 4.79 Å². The zero-order valence-corrected chi connectivity index (χ0v) is 13.5. The van der Waals surface area contributed by atoms with E-state index >= 15 is 0 Å². The summed E-state index contributed by atoms with van der Waals surface area (Å²) in [4.78, 5) is 19.5. The molecular formula is C15H15IN2O2. The molecule has 0 fully saturated rings. The van der Waals surface area contributed by atoms with Crippen molar-refractivity contribution in [2.24, 2.45) is 0 Å². The van der Waals surface area contributed by atoms with E-state index < -0.39 is 0 Å². The summed E-state index contributed by atoms with van der Waals surface area (Å²) < 4.78 is 6.55. The van der Waals surface area contributed by atoms with Crippen molar-refractivity contribution in [3.8, 4) is 5.75 Å². The topological polar surface area (TPSA) is 55.0 Å². The van der Waals surface area contributed by atoms with Crippen LogP contribution >= 0.6 is 22.6 Å². The van der Waals surface area contributed by atoms with Gasteiger partial charge in [0.2, 0.25) is 0 Å². The summed E-state index contributed by atoms with van der Waals surface area (Å²) in [6.45, 7) is 4.08. The van der Waals surface area contributed by atoms with E-state index in [2.05, 4.69) is 32.6 Å². The van der Waals surface area contributed by atoms with Crippen molar-refractivity contribution in [2.75, 3.05) is 0 Å². The maximum atomic E-state index is 12.0. The number of ether oxygens (including phenoxy) is 1. The Morgan fingerprint density at radius 3 is 2.85 bits per heavy atom. The van der Waals surface area contributed by atoms with E-state index in [0.29, 0.717) is 9.39 Å². The van der Waals surface area contributed by atoms with Crippen LogP contribution in [0.4, 0.5) is 0 Å². The van der Waals surface area contributed by atoms with Crippen LogP contribution in [-0.2, 0) is 6.42 Å². The van der Waals surface area contributed by atoms with E-state index in [0.717, 1.165) is 23.4 Å². The second-order valence-corrected chi connectivity index (χ2v) is 6.30. The SMILES string of the molecule is CC(C)c1nc(C2Cc3ccccc3O2)[nH]c(=O)c1I. The zero-order chi connectivity index (χ0) is 14.3. The standard InChI is InChI=1S/C15H15IN2O2/c1-8(2)13-12(16)15(19)18-14(17-13)11-7-9-5-3-4-6-10(9)20-11/h3-6,8,11H,7H2,1-2H3,(H,17,18,19). The fourth-order valence-corrected chi connectivity index (χ4v) is 3.24. The number of rotatable bonds is 2. The molecule has 1 atom stereocenters. The lowest BCUT2D eigenvalue weighted by Crippen LogP contribution is -2.22. The molecule has 0 radical (unpaired) electrons. The first-order valence-corrected chi connectivity index (χ1v) is 7.68. The first-order valence-electron chi connectivity index (χ1n) is 6.60. The van der Waals surface area contributed by atoms with Gasteiger partial charge >= 0.3 is 0 Å². The van der Waals surface area contributed by atoms with Crippen molar-refractivity contribution in [1.29, 1.82) is 0 Å². The van der Waals surface area contributed by atoms with Crippen LogP contribution in [0.5, 0.6) is 5.75 Å². The van der Waals surface area contributed by atoms with Crippen LogP contribution in [0.15, 0.2) is 29.1 Å². The van der Waals surface area contributed by atoms with Crippen LogP contribution in [0.3, 0.4) is 0 Å². The Morgan fingerprint density at radius 1 is 1.40 bits per heavy atom.